The summed E-state index contributed by atoms with van der Waals surface area (Å²) in [4.78, 5) is 12.9. The molecule has 4 nitrogen and oxygen atoms in total. The van der Waals surface area contributed by atoms with Gasteiger partial charge in [-0.1, -0.05) is 0 Å². The van der Waals surface area contributed by atoms with Crippen LogP contribution >= 0.6 is 0 Å². The number of methoxy groups -OCH3 is 1. The van der Waals surface area contributed by atoms with E-state index in [1.807, 2.05) is 0 Å². The average Bonchev–Trinajstić information content (AvgIpc) is 2.52. The molecule has 0 aromatic carbocycles. The van der Waals surface area contributed by atoms with Crippen molar-refractivity contribution in [3.63, 3.8) is 0 Å². The van der Waals surface area contributed by atoms with Crippen molar-refractivity contribution < 1.29 is 14.6 Å². The monoisotopic (exact) mass is 172 g/mol. The molecule has 1 amide bonds. The van der Waals surface area contributed by atoms with Gasteiger partial charge in [-0.15, -0.1) is 0 Å². The van der Waals surface area contributed by atoms with Crippen molar-refractivity contribution in [3.05, 3.63) is 0 Å². The Hall–Kier alpha value is -0.610. The maximum absolute atomic E-state index is 11.2. The molecule has 0 saturated carbocycles. The molecule has 0 aromatic heterocycles. The molecule has 0 bridgehead atoms. The standard InChI is InChI=1S/C8H14NO3/c1-12-7-2-4-9(6-7)8(11)3-5-10/h7H,2-6H2,1H3. The molecule has 1 saturated heterocycles. The van der Waals surface area contributed by atoms with Crippen molar-refractivity contribution in [2.45, 2.75) is 18.9 Å². The first-order chi connectivity index (χ1) is 5.77. The molecule has 0 N–H and O–H groups in total. The molecule has 0 aromatic rings. The number of hydrogen-bond donors (Lipinski definition) is 0. The maximum Gasteiger partial charge on any atom is 0.225 e. The summed E-state index contributed by atoms with van der Waals surface area (Å²) in [6.07, 6.45) is 1.18. The van der Waals surface area contributed by atoms with E-state index in [0.717, 1.165) is 13.0 Å². The highest BCUT2D eigenvalue weighted by atomic mass is 16.5. The molecule has 1 fully saturated rings. The minimum Gasteiger partial charge on any atom is -0.380 e. The second-order valence-electron chi connectivity index (χ2n) is 2.94. The lowest BCUT2D eigenvalue weighted by atomic mass is 10.3. The van der Waals surface area contributed by atoms with Crippen LogP contribution < -0.4 is 0 Å². The number of rotatable bonds is 3. The number of likely N-dealkylation sites (tertiary alicyclic amines) is 1. The van der Waals surface area contributed by atoms with E-state index in [0.29, 0.717) is 6.54 Å². The van der Waals surface area contributed by atoms with Gasteiger partial charge >= 0.3 is 0 Å². The van der Waals surface area contributed by atoms with Gasteiger partial charge in [0, 0.05) is 20.2 Å². The van der Waals surface area contributed by atoms with E-state index < -0.39 is 0 Å². The fourth-order valence-corrected chi connectivity index (χ4v) is 1.39. The lowest BCUT2D eigenvalue weighted by Gasteiger charge is -2.14. The molecule has 1 radical (unpaired) electrons. The zero-order valence-corrected chi connectivity index (χ0v) is 7.28. The third-order valence-electron chi connectivity index (χ3n) is 2.15. The quantitative estimate of drug-likeness (QED) is 0.604. The SMILES string of the molecule is COC1CCN(C(=O)CC[O])C1. The number of ether oxygens (including phenoxy) is 1. The van der Waals surface area contributed by atoms with Gasteiger partial charge in [0.05, 0.1) is 19.1 Å². The molecule has 1 atom stereocenters. The number of hydrogen-bond acceptors (Lipinski definition) is 2. The second kappa shape index (κ2) is 4.42. The molecule has 1 aliphatic rings. The van der Waals surface area contributed by atoms with Crippen LogP contribution in [0.15, 0.2) is 0 Å². The van der Waals surface area contributed by atoms with Crippen LogP contribution in [-0.2, 0) is 14.6 Å². The number of amides is 1. The Morgan fingerprint density at radius 2 is 2.42 bits per heavy atom. The highest BCUT2D eigenvalue weighted by Crippen LogP contribution is 2.12. The smallest absolute Gasteiger partial charge is 0.225 e. The Balaban J connectivity index is 2.31. The summed E-state index contributed by atoms with van der Waals surface area (Å²) in [5.41, 5.74) is 0. The van der Waals surface area contributed by atoms with Gasteiger partial charge in [-0.2, -0.15) is 0 Å². The van der Waals surface area contributed by atoms with Gasteiger partial charge in [0.1, 0.15) is 0 Å². The molecule has 1 rings (SSSR count). The summed E-state index contributed by atoms with van der Waals surface area (Å²) in [6.45, 7) is 1.07. The van der Waals surface area contributed by atoms with Crippen molar-refractivity contribution >= 4 is 5.91 Å². The first-order valence-corrected chi connectivity index (χ1v) is 4.16. The lowest BCUT2D eigenvalue weighted by Crippen LogP contribution is -2.30. The number of nitrogens with zero attached hydrogens (tertiary/aromatic N) is 1. The van der Waals surface area contributed by atoms with Crippen LogP contribution in [0, 0.1) is 0 Å². The van der Waals surface area contributed by atoms with Gasteiger partial charge in [-0.25, -0.2) is 5.11 Å². The Kier molecular flexibility index (Phi) is 3.49. The van der Waals surface area contributed by atoms with E-state index in [4.69, 9.17) is 4.74 Å². The van der Waals surface area contributed by atoms with E-state index in [9.17, 15) is 9.90 Å². The summed E-state index contributed by atoms with van der Waals surface area (Å²) < 4.78 is 5.10. The number of carbonyl (C=O) groups excluding carboxylic acids is 1. The normalized spacial score (nSPS) is 23.2. The van der Waals surface area contributed by atoms with Crippen molar-refractivity contribution in [1.29, 1.82) is 0 Å². The molecule has 1 aliphatic heterocycles. The summed E-state index contributed by atoms with van der Waals surface area (Å²) in [5, 5.41) is 10.2. The highest BCUT2D eigenvalue weighted by Gasteiger charge is 2.25. The maximum atomic E-state index is 11.2. The van der Waals surface area contributed by atoms with E-state index in [2.05, 4.69) is 0 Å². The van der Waals surface area contributed by atoms with Gasteiger partial charge in [0.25, 0.3) is 0 Å². The van der Waals surface area contributed by atoms with Gasteiger partial charge in [-0.3, -0.25) is 4.79 Å². The molecule has 1 heterocycles. The lowest BCUT2D eigenvalue weighted by molar-refractivity contribution is -0.131. The minimum absolute atomic E-state index is 0.0375. The Morgan fingerprint density at radius 3 is 2.92 bits per heavy atom. The van der Waals surface area contributed by atoms with Crippen LogP contribution in [-0.4, -0.2) is 43.7 Å². The summed E-state index contributed by atoms with van der Waals surface area (Å²) in [5.74, 6) is -0.0375. The molecule has 0 spiro atoms. The Labute approximate surface area is 72.1 Å². The van der Waals surface area contributed by atoms with Crippen molar-refractivity contribution in [2.24, 2.45) is 0 Å². The zero-order valence-electron chi connectivity index (χ0n) is 7.28. The third kappa shape index (κ3) is 2.19. The Bertz CT molecular complexity index is 160. The van der Waals surface area contributed by atoms with E-state index in [1.165, 1.54) is 0 Å². The molecule has 69 valence electrons. The van der Waals surface area contributed by atoms with Crippen LogP contribution in [0.1, 0.15) is 12.8 Å². The second-order valence-corrected chi connectivity index (χ2v) is 2.94. The first kappa shape index (κ1) is 9.48. The van der Waals surface area contributed by atoms with Crippen LogP contribution in [0.4, 0.5) is 0 Å². The van der Waals surface area contributed by atoms with Crippen molar-refractivity contribution in [1.82, 2.24) is 4.90 Å². The largest absolute Gasteiger partial charge is 0.380 e. The topological polar surface area (TPSA) is 49.4 Å². The van der Waals surface area contributed by atoms with E-state index in [1.54, 1.807) is 12.0 Å². The molecule has 4 heteroatoms. The Morgan fingerprint density at radius 1 is 1.67 bits per heavy atom. The van der Waals surface area contributed by atoms with Crippen LogP contribution in [0.25, 0.3) is 0 Å². The predicted octanol–water partition coefficient (Wildman–Crippen LogP) is 0.0543. The zero-order chi connectivity index (χ0) is 8.97. The van der Waals surface area contributed by atoms with E-state index >= 15 is 0 Å². The van der Waals surface area contributed by atoms with Gasteiger partial charge in [0.15, 0.2) is 0 Å². The fourth-order valence-electron chi connectivity index (χ4n) is 1.39. The molecular formula is C8H14NO3. The number of carbonyl (C=O) groups is 1. The average molecular weight is 172 g/mol. The van der Waals surface area contributed by atoms with Crippen LogP contribution in [0.3, 0.4) is 0 Å². The van der Waals surface area contributed by atoms with Gasteiger partial charge < -0.3 is 9.64 Å². The molecule has 12 heavy (non-hydrogen) atoms. The first-order valence-electron chi connectivity index (χ1n) is 4.16. The summed E-state index contributed by atoms with van der Waals surface area (Å²) in [7, 11) is 1.65. The fraction of sp³-hybridized carbons (Fsp3) is 0.875. The molecular weight excluding hydrogens is 158 g/mol. The van der Waals surface area contributed by atoms with Gasteiger partial charge in [-0.05, 0) is 6.42 Å². The van der Waals surface area contributed by atoms with Crippen molar-refractivity contribution in [2.75, 3.05) is 26.8 Å². The van der Waals surface area contributed by atoms with Crippen LogP contribution in [0.5, 0.6) is 0 Å². The van der Waals surface area contributed by atoms with Crippen LogP contribution in [0.2, 0.25) is 0 Å². The predicted molar refractivity (Wildman–Crippen MR) is 42.2 cm³/mol. The van der Waals surface area contributed by atoms with E-state index in [-0.39, 0.29) is 25.0 Å². The highest BCUT2D eigenvalue weighted by molar-refractivity contribution is 5.76. The van der Waals surface area contributed by atoms with Gasteiger partial charge in [0.2, 0.25) is 5.91 Å². The summed E-state index contributed by atoms with van der Waals surface area (Å²) >= 11 is 0. The third-order valence-corrected chi connectivity index (χ3v) is 2.15. The van der Waals surface area contributed by atoms with Crippen molar-refractivity contribution in [3.8, 4) is 0 Å². The molecule has 0 aliphatic carbocycles. The summed E-state index contributed by atoms with van der Waals surface area (Å²) in [6, 6.07) is 0. The minimum atomic E-state index is -0.313. The molecule has 1 unspecified atom stereocenters.